The number of halogens is 1. The predicted octanol–water partition coefficient (Wildman–Crippen LogP) is 5.61. The third-order valence-electron chi connectivity index (χ3n) is 5.62. The molecule has 3 rings (SSSR count). The number of carbonyl (C=O) groups excluding carboxylic acids is 1. The molecule has 0 aromatic heterocycles. The molecule has 4 heteroatoms. The van der Waals surface area contributed by atoms with E-state index in [0.717, 1.165) is 37.2 Å². The summed E-state index contributed by atoms with van der Waals surface area (Å²) in [6.07, 6.45) is 5.53. The van der Waals surface area contributed by atoms with E-state index in [2.05, 4.69) is 36.9 Å². The van der Waals surface area contributed by atoms with Crippen molar-refractivity contribution in [3.05, 3.63) is 65.7 Å². The maximum atomic E-state index is 13.2. The van der Waals surface area contributed by atoms with Crippen molar-refractivity contribution in [1.82, 2.24) is 4.90 Å². The van der Waals surface area contributed by atoms with Crippen molar-refractivity contribution in [3.8, 4) is 5.75 Å². The molecule has 0 aliphatic carbocycles. The van der Waals surface area contributed by atoms with Crippen molar-refractivity contribution in [2.45, 2.75) is 51.4 Å². The van der Waals surface area contributed by atoms with Crippen molar-refractivity contribution in [1.29, 1.82) is 0 Å². The van der Waals surface area contributed by atoms with Crippen LogP contribution in [0.4, 0.5) is 0 Å². The molecule has 0 bridgehead atoms. The highest BCUT2D eigenvalue weighted by Crippen LogP contribution is 2.46. The number of hydrogen-bond donors (Lipinski definition) is 0. The van der Waals surface area contributed by atoms with Gasteiger partial charge in [0.25, 0.3) is 0 Å². The summed E-state index contributed by atoms with van der Waals surface area (Å²) in [6, 6.07) is 18.0. The van der Waals surface area contributed by atoms with Crippen LogP contribution in [0.25, 0.3) is 0 Å². The Kier molecular flexibility index (Phi) is 8.53. The Morgan fingerprint density at radius 1 is 0.857 bits per heavy atom. The number of unbranched alkanes of at least 4 members (excludes halogenated alkanes) is 2. The minimum absolute atomic E-state index is 0. The van der Waals surface area contributed by atoms with Crippen LogP contribution < -0.4 is 4.74 Å². The molecule has 1 heterocycles. The summed E-state index contributed by atoms with van der Waals surface area (Å²) in [5.41, 5.74) is 1.34. The predicted molar refractivity (Wildman–Crippen MR) is 117 cm³/mol. The lowest BCUT2D eigenvalue weighted by atomic mass is 9.73. The van der Waals surface area contributed by atoms with E-state index in [4.69, 9.17) is 4.74 Å². The Bertz CT molecular complexity index is 741. The van der Waals surface area contributed by atoms with Gasteiger partial charge < -0.3 is 9.64 Å². The molecule has 0 N–H and O–H groups in total. The molecule has 0 fully saturated rings. The molecule has 28 heavy (non-hydrogen) atoms. The van der Waals surface area contributed by atoms with Gasteiger partial charge in [-0.2, -0.15) is 0 Å². The minimum Gasteiger partial charge on any atom is -0.425 e. The summed E-state index contributed by atoms with van der Waals surface area (Å²) in [6.45, 7) is 7.55. The summed E-state index contributed by atoms with van der Waals surface area (Å²) in [5.74, 6) is 0.570. The molecule has 1 aliphatic heterocycles. The quantitative estimate of drug-likeness (QED) is 0.383. The van der Waals surface area contributed by atoms with Gasteiger partial charge in [0.2, 0.25) is 0 Å². The van der Waals surface area contributed by atoms with E-state index in [1.165, 1.54) is 25.7 Å². The number of fused-ring (bicyclic) bond motifs is 1. The lowest BCUT2D eigenvalue weighted by Crippen LogP contribution is -2.39. The van der Waals surface area contributed by atoms with Gasteiger partial charge in [-0.1, -0.05) is 75.2 Å². The highest BCUT2D eigenvalue weighted by Gasteiger charge is 2.50. The smallest absolute Gasteiger partial charge is 0.326 e. The van der Waals surface area contributed by atoms with E-state index in [9.17, 15) is 4.79 Å². The molecular weight excluding hydrogens is 370 g/mol. The van der Waals surface area contributed by atoms with Gasteiger partial charge in [0.1, 0.15) is 11.2 Å². The second kappa shape index (κ2) is 10.6. The summed E-state index contributed by atoms with van der Waals surface area (Å²) < 4.78 is 5.71. The fraction of sp³-hybridized carbons (Fsp3) is 0.458. The van der Waals surface area contributed by atoms with Crippen LogP contribution >= 0.6 is 12.4 Å². The molecule has 2 aromatic carbocycles. The molecule has 2 aromatic rings. The number of esters is 1. The first-order valence-corrected chi connectivity index (χ1v) is 10.3. The second-order valence-corrected chi connectivity index (χ2v) is 7.46. The van der Waals surface area contributed by atoms with Crippen LogP contribution in [0.15, 0.2) is 54.6 Å². The Hall–Kier alpha value is -1.84. The molecule has 1 atom stereocenters. The van der Waals surface area contributed by atoms with Crippen molar-refractivity contribution in [2.24, 2.45) is 0 Å². The molecule has 0 radical (unpaired) electrons. The first-order valence-electron chi connectivity index (χ1n) is 10.3. The molecule has 0 spiro atoms. The monoisotopic (exact) mass is 401 g/mol. The lowest BCUT2D eigenvalue weighted by molar-refractivity contribution is -0.137. The number of carbonyl (C=O) groups is 1. The van der Waals surface area contributed by atoms with E-state index < -0.39 is 5.41 Å². The van der Waals surface area contributed by atoms with E-state index in [0.29, 0.717) is 5.75 Å². The first-order chi connectivity index (χ1) is 13.2. The molecule has 3 nitrogen and oxygen atoms in total. The largest absolute Gasteiger partial charge is 0.425 e. The maximum absolute atomic E-state index is 13.2. The highest BCUT2D eigenvalue weighted by molar-refractivity contribution is 5.94. The standard InChI is InChI=1S/C24H31NO2.ClH/c1-3-5-17-25(18-6-4-2)19-16-24(20-12-8-7-9-13-20)21-14-10-11-15-22(21)27-23(24)26;/h7-15H,3-6,16-19H2,1-2H3;1H. The average molecular weight is 402 g/mol. The van der Waals surface area contributed by atoms with Crippen molar-refractivity contribution in [3.63, 3.8) is 0 Å². The van der Waals surface area contributed by atoms with Gasteiger partial charge in [-0.3, -0.25) is 4.79 Å². The van der Waals surface area contributed by atoms with Crippen LogP contribution in [0.3, 0.4) is 0 Å². The van der Waals surface area contributed by atoms with Crippen molar-refractivity contribution < 1.29 is 9.53 Å². The fourth-order valence-electron chi connectivity index (χ4n) is 4.01. The van der Waals surface area contributed by atoms with Crippen LogP contribution in [-0.2, 0) is 10.2 Å². The van der Waals surface area contributed by atoms with E-state index in [-0.39, 0.29) is 18.4 Å². The third kappa shape index (κ3) is 4.59. The van der Waals surface area contributed by atoms with Gasteiger partial charge in [-0.15, -0.1) is 12.4 Å². The fourth-order valence-corrected chi connectivity index (χ4v) is 4.01. The molecule has 0 amide bonds. The van der Waals surface area contributed by atoms with E-state index in [1.807, 2.05) is 36.4 Å². The third-order valence-corrected chi connectivity index (χ3v) is 5.62. The number of hydrogen-bond acceptors (Lipinski definition) is 3. The van der Waals surface area contributed by atoms with Crippen molar-refractivity contribution in [2.75, 3.05) is 19.6 Å². The van der Waals surface area contributed by atoms with Gasteiger partial charge in [0.15, 0.2) is 0 Å². The molecule has 152 valence electrons. The molecule has 0 saturated carbocycles. The zero-order valence-corrected chi connectivity index (χ0v) is 17.8. The van der Waals surface area contributed by atoms with Crippen LogP contribution in [0.1, 0.15) is 57.1 Å². The number of benzene rings is 2. The van der Waals surface area contributed by atoms with Crippen molar-refractivity contribution >= 4 is 18.4 Å². The average Bonchev–Trinajstić information content (AvgIpc) is 3.00. The number of nitrogens with zero attached hydrogens (tertiary/aromatic N) is 1. The number of ether oxygens (including phenoxy) is 1. The normalized spacial score (nSPS) is 17.9. The second-order valence-electron chi connectivity index (χ2n) is 7.46. The van der Waals surface area contributed by atoms with E-state index in [1.54, 1.807) is 0 Å². The van der Waals surface area contributed by atoms with Gasteiger partial charge in [-0.05, 0) is 50.5 Å². The minimum atomic E-state index is -0.700. The van der Waals surface area contributed by atoms with E-state index >= 15 is 0 Å². The van der Waals surface area contributed by atoms with Gasteiger partial charge in [0, 0.05) is 5.56 Å². The van der Waals surface area contributed by atoms with Gasteiger partial charge in [0.05, 0.1) is 0 Å². The Morgan fingerprint density at radius 2 is 1.46 bits per heavy atom. The number of rotatable bonds is 10. The zero-order chi connectivity index (χ0) is 19.1. The maximum Gasteiger partial charge on any atom is 0.326 e. The topological polar surface area (TPSA) is 29.5 Å². The number of para-hydroxylation sites is 1. The van der Waals surface area contributed by atoms with Crippen LogP contribution in [0, 0.1) is 0 Å². The SMILES string of the molecule is CCCCN(CCCC)CCC1(c2ccccc2)C(=O)Oc2ccccc21.Cl. The van der Waals surface area contributed by atoms with Gasteiger partial charge in [-0.25, -0.2) is 0 Å². The lowest BCUT2D eigenvalue weighted by Gasteiger charge is -2.30. The highest BCUT2D eigenvalue weighted by atomic mass is 35.5. The summed E-state index contributed by atoms with van der Waals surface area (Å²) in [7, 11) is 0. The van der Waals surface area contributed by atoms with Gasteiger partial charge >= 0.3 is 5.97 Å². The van der Waals surface area contributed by atoms with Crippen LogP contribution in [0.2, 0.25) is 0 Å². The summed E-state index contributed by atoms with van der Waals surface area (Å²) in [5, 5.41) is 0. The molecule has 0 saturated heterocycles. The summed E-state index contributed by atoms with van der Waals surface area (Å²) in [4.78, 5) is 15.7. The van der Waals surface area contributed by atoms with Crippen LogP contribution in [-0.4, -0.2) is 30.5 Å². The molecule has 1 aliphatic rings. The Morgan fingerprint density at radius 3 is 2.11 bits per heavy atom. The zero-order valence-electron chi connectivity index (χ0n) is 17.0. The summed E-state index contributed by atoms with van der Waals surface area (Å²) >= 11 is 0. The first kappa shape index (κ1) is 22.4. The van der Waals surface area contributed by atoms with Crippen LogP contribution in [0.5, 0.6) is 5.75 Å². The Labute approximate surface area is 175 Å². The molecule has 1 unspecified atom stereocenters. The Balaban J connectivity index is 0.00000280. The molecular formula is C24H32ClNO2.